The number of carbonyl (C=O) groups is 2. The molecule has 0 aromatic heterocycles. The van der Waals surface area contributed by atoms with Crippen molar-refractivity contribution in [2.75, 3.05) is 20.7 Å². The number of hydrogen-bond acceptors (Lipinski definition) is 3. The highest BCUT2D eigenvalue weighted by atomic mass is 16.5. The lowest BCUT2D eigenvalue weighted by Gasteiger charge is -2.18. The molecule has 0 spiro atoms. The van der Waals surface area contributed by atoms with Gasteiger partial charge in [-0.05, 0) is 37.1 Å². The van der Waals surface area contributed by atoms with Gasteiger partial charge in [-0.1, -0.05) is 0 Å². The van der Waals surface area contributed by atoms with E-state index in [1.165, 1.54) is 11.9 Å². The third kappa shape index (κ3) is 2.80. The SMILES string of the molecule is COc1ccc(C(=O)N(C)CC(=O)O)c(C)c1C. The molecule has 0 aliphatic rings. The smallest absolute Gasteiger partial charge is 0.323 e. The minimum absolute atomic E-state index is 0.305. The number of aliphatic carboxylic acids is 1. The number of rotatable bonds is 4. The molecule has 18 heavy (non-hydrogen) atoms. The number of hydrogen-bond donors (Lipinski definition) is 1. The molecule has 0 atom stereocenters. The zero-order chi connectivity index (χ0) is 13.9. The molecule has 98 valence electrons. The van der Waals surface area contributed by atoms with Crippen LogP contribution in [0.3, 0.4) is 0 Å². The third-order valence-electron chi connectivity index (χ3n) is 2.91. The molecular weight excluding hydrogens is 234 g/mol. The number of nitrogens with zero attached hydrogens (tertiary/aromatic N) is 1. The third-order valence-corrected chi connectivity index (χ3v) is 2.91. The maximum absolute atomic E-state index is 12.1. The molecule has 0 aliphatic heterocycles. The van der Waals surface area contributed by atoms with Gasteiger partial charge in [-0.15, -0.1) is 0 Å². The number of ether oxygens (including phenoxy) is 1. The van der Waals surface area contributed by atoms with Gasteiger partial charge in [-0.2, -0.15) is 0 Å². The van der Waals surface area contributed by atoms with Gasteiger partial charge in [0.2, 0.25) is 0 Å². The number of carboxylic acids is 1. The van der Waals surface area contributed by atoms with Crippen LogP contribution in [0.15, 0.2) is 12.1 Å². The van der Waals surface area contributed by atoms with Crippen molar-refractivity contribution in [3.05, 3.63) is 28.8 Å². The molecule has 1 rings (SSSR count). The predicted octanol–water partition coefficient (Wildman–Crippen LogP) is 1.47. The first-order chi connectivity index (χ1) is 8.38. The largest absolute Gasteiger partial charge is 0.496 e. The molecule has 1 aromatic rings. The molecule has 1 N–H and O–H groups in total. The zero-order valence-corrected chi connectivity index (χ0v) is 11.0. The number of benzene rings is 1. The Morgan fingerprint density at radius 3 is 2.39 bits per heavy atom. The van der Waals surface area contributed by atoms with Crippen LogP contribution in [0.2, 0.25) is 0 Å². The first kappa shape index (κ1) is 14.0. The Bertz CT molecular complexity index is 482. The molecule has 0 unspecified atom stereocenters. The molecular formula is C13H17NO4. The fourth-order valence-corrected chi connectivity index (χ4v) is 1.73. The second-order valence-electron chi connectivity index (χ2n) is 4.12. The highest BCUT2D eigenvalue weighted by molar-refractivity contribution is 5.97. The van der Waals surface area contributed by atoms with Gasteiger partial charge in [0.1, 0.15) is 12.3 Å². The van der Waals surface area contributed by atoms with Crippen molar-refractivity contribution in [3.8, 4) is 5.75 Å². The van der Waals surface area contributed by atoms with Crippen LogP contribution >= 0.6 is 0 Å². The summed E-state index contributed by atoms with van der Waals surface area (Å²) in [5.41, 5.74) is 2.18. The molecule has 0 saturated heterocycles. The fourth-order valence-electron chi connectivity index (χ4n) is 1.73. The van der Waals surface area contributed by atoms with Crippen LogP contribution in [0.25, 0.3) is 0 Å². The lowest BCUT2D eigenvalue weighted by atomic mass is 10.0. The van der Waals surface area contributed by atoms with E-state index in [1.54, 1.807) is 19.2 Å². The summed E-state index contributed by atoms with van der Waals surface area (Å²) in [4.78, 5) is 23.8. The summed E-state index contributed by atoms with van der Waals surface area (Å²) < 4.78 is 5.17. The van der Waals surface area contributed by atoms with Gasteiger partial charge < -0.3 is 14.7 Å². The number of carboxylic acid groups (broad SMARTS) is 1. The summed E-state index contributed by atoms with van der Waals surface area (Å²) in [5.74, 6) is -0.626. The standard InChI is InChI=1S/C13H17NO4/c1-8-9(2)11(18-4)6-5-10(8)13(17)14(3)7-12(15)16/h5-6H,7H2,1-4H3,(H,15,16). The van der Waals surface area contributed by atoms with Crippen molar-refractivity contribution in [1.82, 2.24) is 4.90 Å². The van der Waals surface area contributed by atoms with Gasteiger partial charge in [0.05, 0.1) is 7.11 Å². The normalized spacial score (nSPS) is 10.0. The van der Waals surface area contributed by atoms with E-state index in [-0.39, 0.29) is 12.5 Å². The van der Waals surface area contributed by atoms with Crippen molar-refractivity contribution >= 4 is 11.9 Å². The van der Waals surface area contributed by atoms with Crippen LogP contribution in [-0.4, -0.2) is 42.6 Å². The van der Waals surface area contributed by atoms with Crippen molar-refractivity contribution in [2.24, 2.45) is 0 Å². The van der Waals surface area contributed by atoms with Gasteiger partial charge in [-0.3, -0.25) is 9.59 Å². The van der Waals surface area contributed by atoms with Crippen LogP contribution in [-0.2, 0) is 4.79 Å². The first-order valence-corrected chi connectivity index (χ1v) is 5.50. The van der Waals surface area contributed by atoms with Crippen molar-refractivity contribution in [1.29, 1.82) is 0 Å². The molecule has 0 heterocycles. The first-order valence-electron chi connectivity index (χ1n) is 5.50. The van der Waals surface area contributed by atoms with E-state index in [0.29, 0.717) is 11.3 Å². The van der Waals surface area contributed by atoms with E-state index in [0.717, 1.165) is 11.1 Å². The Hall–Kier alpha value is -2.04. The van der Waals surface area contributed by atoms with Gasteiger partial charge in [-0.25, -0.2) is 0 Å². The second-order valence-corrected chi connectivity index (χ2v) is 4.12. The van der Waals surface area contributed by atoms with Crippen molar-refractivity contribution in [2.45, 2.75) is 13.8 Å². The number of likely N-dealkylation sites (N-methyl/N-ethyl adjacent to an activating group) is 1. The number of carbonyl (C=O) groups excluding carboxylic acids is 1. The maximum Gasteiger partial charge on any atom is 0.323 e. The molecule has 0 fully saturated rings. The van der Waals surface area contributed by atoms with E-state index in [4.69, 9.17) is 9.84 Å². The number of methoxy groups -OCH3 is 1. The Morgan fingerprint density at radius 2 is 1.89 bits per heavy atom. The van der Waals surface area contributed by atoms with E-state index in [2.05, 4.69) is 0 Å². The average molecular weight is 251 g/mol. The number of amides is 1. The lowest BCUT2D eigenvalue weighted by Crippen LogP contribution is -2.32. The van der Waals surface area contributed by atoms with E-state index < -0.39 is 5.97 Å². The van der Waals surface area contributed by atoms with Gasteiger partial charge >= 0.3 is 5.97 Å². The molecule has 0 aliphatic carbocycles. The molecule has 5 nitrogen and oxygen atoms in total. The maximum atomic E-state index is 12.1. The topological polar surface area (TPSA) is 66.8 Å². The average Bonchev–Trinajstić information content (AvgIpc) is 2.31. The van der Waals surface area contributed by atoms with Gasteiger partial charge in [0.25, 0.3) is 5.91 Å². The zero-order valence-electron chi connectivity index (χ0n) is 11.0. The summed E-state index contributed by atoms with van der Waals surface area (Å²) >= 11 is 0. The lowest BCUT2D eigenvalue weighted by molar-refractivity contribution is -0.137. The second kappa shape index (κ2) is 5.53. The van der Waals surface area contributed by atoms with Gasteiger partial charge in [0, 0.05) is 12.6 Å². The molecule has 1 aromatic carbocycles. The minimum Gasteiger partial charge on any atom is -0.496 e. The molecule has 0 bridgehead atoms. The monoisotopic (exact) mass is 251 g/mol. The summed E-state index contributed by atoms with van der Waals surface area (Å²) in [6.07, 6.45) is 0. The Morgan fingerprint density at radius 1 is 1.28 bits per heavy atom. The summed E-state index contributed by atoms with van der Waals surface area (Å²) in [6, 6.07) is 3.37. The van der Waals surface area contributed by atoms with E-state index >= 15 is 0 Å². The van der Waals surface area contributed by atoms with Crippen LogP contribution in [0.1, 0.15) is 21.5 Å². The minimum atomic E-state index is -1.03. The molecule has 1 amide bonds. The molecule has 5 heteroatoms. The van der Waals surface area contributed by atoms with Crippen molar-refractivity contribution < 1.29 is 19.4 Å². The van der Waals surface area contributed by atoms with E-state index in [9.17, 15) is 9.59 Å². The quantitative estimate of drug-likeness (QED) is 0.880. The van der Waals surface area contributed by atoms with Crippen LogP contribution in [0, 0.1) is 13.8 Å². The highest BCUT2D eigenvalue weighted by Gasteiger charge is 2.18. The molecule has 0 radical (unpaired) electrons. The highest BCUT2D eigenvalue weighted by Crippen LogP contribution is 2.24. The van der Waals surface area contributed by atoms with Crippen LogP contribution < -0.4 is 4.74 Å². The fraction of sp³-hybridized carbons (Fsp3) is 0.385. The summed E-state index contributed by atoms with van der Waals surface area (Å²) in [6.45, 7) is 3.37. The predicted molar refractivity (Wildman–Crippen MR) is 67.1 cm³/mol. The van der Waals surface area contributed by atoms with Crippen LogP contribution in [0.4, 0.5) is 0 Å². The summed E-state index contributed by atoms with van der Waals surface area (Å²) in [7, 11) is 3.04. The van der Waals surface area contributed by atoms with Gasteiger partial charge in [0.15, 0.2) is 0 Å². The Kier molecular flexibility index (Phi) is 4.31. The van der Waals surface area contributed by atoms with Crippen molar-refractivity contribution in [3.63, 3.8) is 0 Å². The summed E-state index contributed by atoms with van der Waals surface area (Å²) in [5, 5.41) is 8.67. The molecule has 0 saturated carbocycles. The Labute approximate surface area is 106 Å². The van der Waals surface area contributed by atoms with E-state index in [1.807, 2.05) is 13.8 Å². The van der Waals surface area contributed by atoms with Crippen LogP contribution in [0.5, 0.6) is 5.75 Å². The Balaban J connectivity index is 3.07.